The number of aromatic nitrogens is 1. The largest absolute Gasteiger partial charge is 0.435 e. The Morgan fingerprint density at radius 2 is 1.94 bits per heavy atom. The highest BCUT2D eigenvalue weighted by Gasteiger charge is 2.40. The zero-order chi connectivity index (χ0) is 24.3. The lowest BCUT2D eigenvalue weighted by atomic mass is 10.0. The van der Waals surface area contributed by atoms with Gasteiger partial charge in [0, 0.05) is 25.2 Å². The quantitative estimate of drug-likeness (QED) is 0.456. The number of benzene rings is 2. The summed E-state index contributed by atoms with van der Waals surface area (Å²) >= 11 is 6.82. The van der Waals surface area contributed by atoms with E-state index >= 15 is 0 Å². The van der Waals surface area contributed by atoms with Crippen LogP contribution >= 0.6 is 22.9 Å². The fraction of sp³-hybridized carbons (Fsp3) is 0.333. The molecule has 10 heteroatoms. The second-order valence-electron chi connectivity index (χ2n) is 8.00. The molecule has 1 aliphatic heterocycles. The standard InChI is InChI=1S/C24H23ClF3N3O2S/c1-15(17-6-4-5-16(13-17)14-31-9-11-33-12-10-31)29-22(32)20-21(24(26,27)28)30-23(34-20)18-7-2-3-8-19(18)25/h2-8,13,15H,9-12,14H2,1H3,(H,29,32). The highest BCUT2D eigenvalue weighted by molar-refractivity contribution is 7.17. The number of halogens is 4. The van der Waals surface area contributed by atoms with Crippen molar-refractivity contribution in [2.45, 2.75) is 25.7 Å². The van der Waals surface area contributed by atoms with Crippen LogP contribution in [0.5, 0.6) is 0 Å². The van der Waals surface area contributed by atoms with E-state index in [4.69, 9.17) is 16.3 Å². The molecule has 1 saturated heterocycles. The zero-order valence-corrected chi connectivity index (χ0v) is 19.9. The minimum Gasteiger partial charge on any atom is -0.379 e. The first-order chi connectivity index (χ1) is 16.2. The summed E-state index contributed by atoms with van der Waals surface area (Å²) in [6.07, 6.45) is -4.77. The van der Waals surface area contributed by atoms with Crippen molar-refractivity contribution in [2.75, 3.05) is 26.3 Å². The fourth-order valence-electron chi connectivity index (χ4n) is 3.74. The molecule has 5 nitrogen and oxygen atoms in total. The van der Waals surface area contributed by atoms with Gasteiger partial charge in [0.05, 0.1) is 24.3 Å². The number of carbonyl (C=O) groups excluding carboxylic acids is 1. The first-order valence-corrected chi connectivity index (χ1v) is 11.9. The smallest absolute Gasteiger partial charge is 0.379 e. The molecule has 2 aromatic carbocycles. The van der Waals surface area contributed by atoms with Gasteiger partial charge in [-0.2, -0.15) is 13.2 Å². The van der Waals surface area contributed by atoms with E-state index in [9.17, 15) is 18.0 Å². The number of ether oxygens (including phenoxy) is 1. The maximum atomic E-state index is 13.7. The van der Waals surface area contributed by atoms with Crippen LogP contribution in [0.3, 0.4) is 0 Å². The molecule has 0 spiro atoms. The van der Waals surface area contributed by atoms with E-state index in [2.05, 4.69) is 15.2 Å². The lowest BCUT2D eigenvalue weighted by molar-refractivity contribution is -0.141. The van der Waals surface area contributed by atoms with E-state index in [1.54, 1.807) is 31.2 Å². The van der Waals surface area contributed by atoms with Gasteiger partial charge in [-0.25, -0.2) is 4.98 Å². The van der Waals surface area contributed by atoms with Crippen LogP contribution in [-0.2, 0) is 17.5 Å². The van der Waals surface area contributed by atoms with Gasteiger partial charge in [0.25, 0.3) is 5.91 Å². The molecule has 1 fully saturated rings. The summed E-state index contributed by atoms with van der Waals surface area (Å²) in [6.45, 7) is 5.56. The Kier molecular flexibility index (Phi) is 7.57. The van der Waals surface area contributed by atoms with Crippen molar-refractivity contribution in [1.29, 1.82) is 0 Å². The third-order valence-electron chi connectivity index (χ3n) is 5.51. The molecular formula is C24H23ClF3N3O2S. The Morgan fingerprint density at radius 3 is 2.65 bits per heavy atom. The van der Waals surface area contributed by atoms with Gasteiger partial charge in [-0.3, -0.25) is 9.69 Å². The van der Waals surface area contributed by atoms with E-state index in [1.165, 1.54) is 0 Å². The van der Waals surface area contributed by atoms with E-state index in [1.807, 2.05) is 24.3 Å². The molecular weight excluding hydrogens is 487 g/mol. The molecule has 1 aromatic heterocycles. The molecule has 3 aromatic rings. The molecule has 0 radical (unpaired) electrons. The third kappa shape index (κ3) is 5.78. The van der Waals surface area contributed by atoms with Crippen LogP contribution in [0.2, 0.25) is 5.02 Å². The summed E-state index contributed by atoms with van der Waals surface area (Å²) in [5.41, 5.74) is 1.01. The van der Waals surface area contributed by atoms with Gasteiger partial charge in [0.2, 0.25) is 0 Å². The van der Waals surface area contributed by atoms with E-state index in [0.717, 1.165) is 30.8 Å². The number of alkyl halides is 3. The summed E-state index contributed by atoms with van der Waals surface area (Å²) in [4.78, 5) is 18.4. The molecule has 1 atom stereocenters. The van der Waals surface area contributed by atoms with Crippen LogP contribution in [0.4, 0.5) is 13.2 Å². The average Bonchev–Trinajstić information content (AvgIpc) is 3.26. The van der Waals surface area contributed by atoms with Gasteiger partial charge in [-0.15, -0.1) is 11.3 Å². The number of thiazole rings is 1. The summed E-state index contributed by atoms with van der Waals surface area (Å²) in [5, 5.41) is 3.01. The van der Waals surface area contributed by atoms with Crippen LogP contribution < -0.4 is 5.32 Å². The predicted molar refractivity (Wildman–Crippen MR) is 126 cm³/mol. The van der Waals surface area contributed by atoms with Crippen LogP contribution in [-0.4, -0.2) is 42.1 Å². The average molecular weight is 510 g/mol. The number of morpholine rings is 1. The first kappa shape index (κ1) is 24.7. The number of nitrogens with zero attached hydrogens (tertiary/aromatic N) is 2. The summed E-state index contributed by atoms with van der Waals surface area (Å²) in [5.74, 6) is -0.825. The van der Waals surface area contributed by atoms with Crippen LogP contribution in [0.1, 0.15) is 39.5 Å². The number of amides is 1. The number of carbonyl (C=O) groups is 1. The fourth-order valence-corrected chi connectivity index (χ4v) is 5.05. The normalized spacial score (nSPS) is 15.8. The molecule has 1 amide bonds. The third-order valence-corrected chi connectivity index (χ3v) is 6.93. The summed E-state index contributed by atoms with van der Waals surface area (Å²) in [7, 11) is 0. The molecule has 0 aliphatic carbocycles. The van der Waals surface area contributed by atoms with E-state index in [-0.39, 0.29) is 10.0 Å². The lowest BCUT2D eigenvalue weighted by Crippen LogP contribution is -2.35. The number of hydrogen-bond donors (Lipinski definition) is 1. The Balaban J connectivity index is 1.54. The Morgan fingerprint density at radius 1 is 1.21 bits per heavy atom. The van der Waals surface area contributed by atoms with Gasteiger partial charge in [0.15, 0.2) is 5.69 Å². The van der Waals surface area contributed by atoms with Crippen molar-refractivity contribution < 1.29 is 22.7 Å². The predicted octanol–water partition coefficient (Wildman–Crippen LogP) is 5.81. The second-order valence-corrected chi connectivity index (χ2v) is 9.41. The zero-order valence-electron chi connectivity index (χ0n) is 18.4. The highest BCUT2D eigenvalue weighted by atomic mass is 35.5. The van der Waals surface area contributed by atoms with E-state index < -0.39 is 28.7 Å². The maximum absolute atomic E-state index is 13.7. The van der Waals surface area contributed by atoms with Crippen molar-refractivity contribution in [3.8, 4) is 10.6 Å². The van der Waals surface area contributed by atoms with Crippen LogP contribution in [0.25, 0.3) is 10.6 Å². The van der Waals surface area contributed by atoms with Gasteiger partial charge in [0.1, 0.15) is 9.88 Å². The van der Waals surface area contributed by atoms with Crippen molar-refractivity contribution in [1.82, 2.24) is 15.2 Å². The van der Waals surface area contributed by atoms with Crippen LogP contribution in [0, 0.1) is 0 Å². The molecule has 1 N–H and O–H groups in total. The summed E-state index contributed by atoms with van der Waals surface area (Å²) < 4.78 is 46.5. The lowest BCUT2D eigenvalue weighted by Gasteiger charge is -2.27. The summed E-state index contributed by atoms with van der Waals surface area (Å²) in [6, 6.07) is 13.7. The van der Waals surface area contributed by atoms with Crippen molar-refractivity contribution in [2.24, 2.45) is 0 Å². The molecule has 4 rings (SSSR count). The number of hydrogen-bond acceptors (Lipinski definition) is 5. The highest BCUT2D eigenvalue weighted by Crippen LogP contribution is 2.39. The van der Waals surface area contributed by atoms with Gasteiger partial charge < -0.3 is 10.1 Å². The molecule has 0 saturated carbocycles. The van der Waals surface area contributed by atoms with Gasteiger partial charge in [-0.05, 0) is 24.1 Å². The van der Waals surface area contributed by atoms with Crippen molar-refractivity contribution >= 4 is 28.8 Å². The van der Waals surface area contributed by atoms with Crippen molar-refractivity contribution in [3.05, 3.63) is 75.3 Å². The SMILES string of the molecule is CC(NC(=O)c1sc(-c2ccccc2Cl)nc1C(F)(F)F)c1cccc(CN2CCOCC2)c1. The molecule has 180 valence electrons. The van der Waals surface area contributed by atoms with Gasteiger partial charge >= 0.3 is 6.18 Å². The maximum Gasteiger partial charge on any atom is 0.435 e. The van der Waals surface area contributed by atoms with Gasteiger partial charge in [-0.1, -0.05) is 54.1 Å². The number of nitrogens with one attached hydrogen (secondary N) is 1. The minimum absolute atomic E-state index is 0.0447. The van der Waals surface area contributed by atoms with Crippen LogP contribution in [0.15, 0.2) is 48.5 Å². The Labute approximate surface area is 204 Å². The molecule has 1 aliphatic rings. The van der Waals surface area contributed by atoms with E-state index in [0.29, 0.717) is 30.1 Å². The Hall–Kier alpha value is -2.46. The molecule has 0 bridgehead atoms. The topological polar surface area (TPSA) is 54.5 Å². The number of rotatable bonds is 6. The first-order valence-electron chi connectivity index (χ1n) is 10.7. The second kappa shape index (κ2) is 10.4. The monoisotopic (exact) mass is 509 g/mol. The molecule has 34 heavy (non-hydrogen) atoms. The molecule has 1 unspecified atom stereocenters. The Bertz CT molecular complexity index is 1160. The minimum atomic E-state index is -4.77. The molecule has 2 heterocycles. The van der Waals surface area contributed by atoms with Crippen molar-refractivity contribution in [3.63, 3.8) is 0 Å².